The Bertz CT molecular complexity index is 598. The minimum atomic E-state index is -0.955. The van der Waals surface area contributed by atoms with E-state index < -0.39 is 28.9 Å². The Kier molecular flexibility index (Phi) is 3.71. The summed E-state index contributed by atoms with van der Waals surface area (Å²) in [6.07, 6.45) is 2.97. The lowest BCUT2D eigenvalue weighted by atomic mass is 10.1. The molecule has 2 aliphatic rings. The van der Waals surface area contributed by atoms with Crippen LogP contribution in [0.2, 0.25) is 0 Å². The molecule has 21 heavy (non-hydrogen) atoms. The number of carbonyl (C=O) groups excluding carboxylic acids is 2. The van der Waals surface area contributed by atoms with Crippen LogP contribution >= 0.6 is 0 Å². The molecule has 0 aromatic heterocycles. The van der Waals surface area contributed by atoms with Crippen molar-refractivity contribution in [2.45, 2.75) is 19.3 Å². The standard InChI is InChI=1S/C15H16F2N2O2/c16-10-4-5-11(17)13-12(10)14(20)15(21)19(13)9-3-8-18-6-1-2-7-18/h4-5H,1-3,6-9H2. The van der Waals surface area contributed by atoms with Crippen molar-refractivity contribution >= 4 is 17.4 Å². The van der Waals surface area contributed by atoms with E-state index in [1.165, 1.54) is 12.8 Å². The highest BCUT2D eigenvalue weighted by Gasteiger charge is 2.40. The van der Waals surface area contributed by atoms with E-state index in [2.05, 4.69) is 4.90 Å². The molecule has 1 aromatic rings. The number of nitrogens with zero attached hydrogens (tertiary/aromatic N) is 2. The van der Waals surface area contributed by atoms with Crippen molar-refractivity contribution in [1.82, 2.24) is 4.90 Å². The fraction of sp³-hybridized carbons (Fsp3) is 0.467. The maximum absolute atomic E-state index is 13.9. The number of rotatable bonds is 4. The maximum Gasteiger partial charge on any atom is 0.299 e. The summed E-state index contributed by atoms with van der Waals surface area (Å²) in [5.41, 5.74) is -0.632. The minimum Gasteiger partial charge on any atom is -0.303 e. The molecule has 0 radical (unpaired) electrons. The lowest BCUT2D eigenvalue weighted by Gasteiger charge is -2.19. The Morgan fingerprint density at radius 1 is 1.00 bits per heavy atom. The summed E-state index contributed by atoms with van der Waals surface area (Å²) < 4.78 is 27.5. The SMILES string of the molecule is O=C1C(=O)N(CCCN2CCCC2)c2c(F)ccc(F)c21. The van der Waals surface area contributed by atoms with Crippen molar-refractivity contribution in [2.75, 3.05) is 31.1 Å². The van der Waals surface area contributed by atoms with Crippen LogP contribution in [0.1, 0.15) is 29.6 Å². The second kappa shape index (κ2) is 5.52. The van der Waals surface area contributed by atoms with Crippen molar-refractivity contribution in [1.29, 1.82) is 0 Å². The molecule has 0 aliphatic carbocycles. The van der Waals surface area contributed by atoms with Gasteiger partial charge in [0.05, 0.1) is 11.3 Å². The summed E-state index contributed by atoms with van der Waals surface area (Å²) in [5.74, 6) is -3.36. The quantitative estimate of drug-likeness (QED) is 0.797. The molecule has 1 fully saturated rings. The highest BCUT2D eigenvalue weighted by Crippen LogP contribution is 2.33. The van der Waals surface area contributed by atoms with E-state index >= 15 is 0 Å². The maximum atomic E-state index is 13.9. The highest BCUT2D eigenvalue weighted by molar-refractivity contribution is 6.52. The van der Waals surface area contributed by atoms with E-state index in [0.717, 1.165) is 36.7 Å². The van der Waals surface area contributed by atoms with Crippen molar-refractivity contribution < 1.29 is 18.4 Å². The third-order valence-electron chi connectivity index (χ3n) is 4.07. The number of halogens is 2. The van der Waals surface area contributed by atoms with Crippen LogP contribution in [-0.4, -0.2) is 42.8 Å². The summed E-state index contributed by atoms with van der Waals surface area (Å²) >= 11 is 0. The van der Waals surface area contributed by atoms with Crippen LogP contribution in [0.3, 0.4) is 0 Å². The second-order valence-electron chi connectivity index (χ2n) is 5.44. The number of hydrogen-bond acceptors (Lipinski definition) is 3. The summed E-state index contributed by atoms with van der Waals surface area (Å²) in [7, 11) is 0. The molecule has 0 atom stereocenters. The monoisotopic (exact) mass is 294 g/mol. The van der Waals surface area contributed by atoms with Crippen LogP contribution in [0.25, 0.3) is 0 Å². The first-order valence-electron chi connectivity index (χ1n) is 7.16. The molecule has 6 heteroatoms. The molecular formula is C15H16F2N2O2. The van der Waals surface area contributed by atoms with Gasteiger partial charge in [-0.2, -0.15) is 0 Å². The minimum absolute atomic E-state index is 0.202. The molecule has 2 heterocycles. The van der Waals surface area contributed by atoms with E-state index in [-0.39, 0.29) is 12.2 Å². The van der Waals surface area contributed by atoms with E-state index in [0.29, 0.717) is 6.42 Å². The Balaban J connectivity index is 1.76. The topological polar surface area (TPSA) is 40.6 Å². The molecule has 0 unspecified atom stereocenters. The number of amides is 1. The summed E-state index contributed by atoms with van der Waals surface area (Å²) in [5, 5.41) is 0. The Morgan fingerprint density at radius 2 is 1.67 bits per heavy atom. The number of benzene rings is 1. The number of likely N-dealkylation sites (tertiary alicyclic amines) is 1. The normalized spacial score (nSPS) is 18.7. The van der Waals surface area contributed by atoms with Gasteiger partial charge < -0.3 is 9.80 Å². The number of anilines is 1. The van der Waals surface area contributed by atoms with Gasteiger partial charge in [0.25, 0.3) is 11.7 Å². The lowest BCUT2D eigenvalue weighted by molar-refractivity contribution is -0.114. The molecule has 1 aromatic carbocycles. The lowest BCUT2D eigenvalue weighted by Crippen LogP contribution is -2.33. The van der Waals surface area contributed by atoms with Gasteiger partial charge in [-0.3, -0.25) is 9.59 Å². The van der Waals surface area contributed by atoms with Gasteiger partial charge in [0.15, 0.2) is 0 Å². The number of fused-ring (bicyclic) bond motifs is 1. The largest absolute Gasteiger partial charge is 0.303 e. The molecule has 0 spiro atoms. The highest BCUT2D eigenvalue weighted by atomic mass is 19.1. The van der Waals surface area contributed by atoms with E-state index in [1.807, 2.05) is 0 Å². The number of ketones is 1. The van der Waals surface area contributed by atoms with Gasteiger partial charge in [-0.05, 0) is 51.0 Å². The van der Waals surface area contributed by atoms with Crippen LogP contribution in [-0.2, 0) is 4.79 Å². The van der Waals surface area contributed by atoms with Crippen molar-refractivity contribution in [3.8, 4) is 0 Å². The zero-order valence-corrected chi connectivity index (χ0v) is 11.6. The Labute approximate surface area is 121 Å². The summed E-state index contributed by atoms with van der Waals surface area (Å²) in [6, 6.07) is 1.83. The predicted octanol–water partition coefficient (Wildman–Crippen LogP) is 1.98. The summed E-state index contributed by atoms with van der Waals surface area (Å²) in [6.45, 7) is 3.09. The number of Topliss-reactive ketones (excluding diaryl/α,β-unsaturated/α-hetero) is 1. The first-order chi connectivity index (χ1) is 10.1. The molecule has 1 amide bonds. The molecule has 4 nitrogen and oxygen atoms in total. The average molecular weight is 294 g/mol. The molecule has 0 N–H and O–H groups in total. The van der Waals surface area contributed by atoms with Crippen molar-refractivity contribution in [3.05, 3.63) is 29.3 Å². The van der Waals surface area contributed by atoms with E-state index in [1.54, 1.807) is 0 Å². The Morgan fingerprint density at radius 3 is 2.38 bits per heavy atom. The van der Waals surface area contributed by atoms with Crippen LogP contribution in [0, 0.1) is 11.6 Å². The molecular weight excluding hydrogens is 278 g/mol. The predicted molar refractivity (Wildman–Crippen MR) is 73.3 cm³/mol. The van der Waals surface area contributed by atoms with Gasteiger partial charge >= 0.3 is 0 Å². The van der Waals surface area contributed by atoms with Gasteiger partial charge in [0.2, 0.25) is 0 Å². The molecule has 2 aliphatic heterocycles. The van der Waals surface area contributed by atoms with Gasteiger partial charge in [-0.1, -0.05) is 0 Å². The van der Waals surface area contributed by atoms with Crippen LogP contribution in [0.4, 0.5) is 14.5 Å². The number of carbonyl (C=O) groups is 2. The van der Waals surface area contributed by atoms with Crippen molar-refractivity contribution in [3.63, 3.8) is 0 Å². The second-order valence-corrected chi connectivity index (χ2v) is 5.44. The average Bonchev–Trinajstić information content (AvgIpc) is 3.06. The first-order valence-corrected chi connectivity index (χ1v) is 7.16. The van der Waals surface area contributed by atoms with E-state index in [9.17, 15) is 18.4 Å². The molecule has 3 rings (SSSR count). The van der Waals surface area contributed by atoms with Crippen LogP contribution in [0.15, 0.2) is 12.1 Å². The van der Waals surface area contributed by atoms with Gasteiger partial charge in [-0.15, -0.1) is 0 Å². The smallest absolute Gasteiger partial charge is 0.299 e. The molecule has 112 valence electrons. The van der Waals surface area contributed by atoms with Gasteiger partial charge in [-0.25, -0.2) is 8.78 Å². The third kappa shape index (κ3) is 2.44. The Hall–Kier alpha value is -1.82. The van der Waals surface area contributed by atoms with E-state index in [4.69, 9.17) is 0 Å². The number of hydrogen-bond donors (Lipinski definition) is 0. The molecule has 0 bridgehead atoms. The zero-order chi connectivity index (χ0) is 15.0. The fourth-order valence-electron chi connectivity index (χ4n) is 3.02. The summed E-state index contributed by atoms with van der Waals surface area (Å²) in [4.78, 5) is 27.1. The van der Waals surface area contributed by atoms with Gasteiger partial charge in [0, 0.05) is 6.54 Å². The van der Waals surface area contributed by atoms with Crippen molar-refractivity contribution in [2.24, 2.45) is 0 Å². The molecule has 0 saturated carbocycles. The van der Waals surface area contributed by atoms with Crippen LogP contribution < -0.4 is 4.90 Å². The third-order valence-corrected chi connectivity index (χ3v) is 4.07. The van der Waals surface area contributed by atoms with Gasteiger partial charge in [0.1, 0.15) is 11.6 Å². The molecule has 1 saturated heterocycles. The first kappa shape index (κ1) is 14.1. The fourth-order valence-corrected chi connectivity index (χ4v) is 3.02. The van der Waals surface area contributed by atoms with Crippen LogP contribution in [0.5, 0.6) is 0 Å². The zero-order valence-electron chi connectivity index (χ0n) is 11.6.